The fraction of sp³-hybridized carbons (Fsp3) is 0.0556. The van der Waals surface area contributed by atoms with Crippen LogP contribution in [0.1, 0.15) is 5.56 Å². The van der Waals surface area contributed by atoms with Crippen LogP contribution >= 0.6 is 11.6 Å². The molecule has 0 aliphatic rings. The number of nitrogens with zero attached hydrogens (tertiary/aromatic N) is 1. The molecular formula is C18H13ClFNO. The summed E-state index contributed by atoms with van der Waals surface area (Å²) in [4.78, 5) is 4.30. The van der Waals surface area contributed by atoms with Crippen LogP contribution in [0.15, 0.2) is 66.7 Å². The van der Waals surface area contributed by atoms with E-state index in [9.17, 15) is 4.39 Å². The Bertz CT molecular complexity index is 760. The number of rotatable bonds is 4. The molecule has 0 aliphatic heterocycles. The van der Waals surface area contributed by atoms with Gasteiger partial charge in [-0.05, 0) is 42.0 Å². The van der Waals surface area contributed by atoms with E-state index in [4.69, 9.17) is 16.3 Å². The molecule has 3 rings (SSSR count). The van der Waals surface area contributed by atoms with E-state index in [0.717, 1.165) is 11.1 Å². The first-order valence-corrected chi connectivity index (χ1v) is 7.19. The second-order valence-corrected chi connectivity index (χ2v) is 5.15. The van der Waals surface area contributed by atoms with E-state index < -0.39 is 0 Å². The molecule has 2 aromatic carbocycles. The Hall–Kier alpha value is -2.39. The van der Waals surface area contributed by atoms with Gasteiger partial charge in [0.25, 0.3) is 0 Å². The molecule has 1 aromatic heterocycles. The number of pyridine rings is 1. The van der Waals surface area contributed by atoms with E-state index in [1.807, 2.05) is 30.3 Å². The van der Waals surface area contributed by atoms with Gasteiger partial charge in [0.2, 0.25) is 0 Å². The van der Waals surface area contributed by atoms with Crippen LogP contribution in [-0.2, 0) is 6.61 Å². The number of hydrogen-bond acceptors (Lipinski definition) is 2. The minimum Gasteiger partial charge on any atom is -0.487 e. The summed E-state index contributed by atoms with van der Waals surface area (Å²) in [5.41, 5.74) is 2.41. The Balaban J connectivity index is 1.89. The molecule has 0 N–H and O–H groups in total. The maximum Gasteiger partial charge on any atom is 0.146 e. The van der Waals surface area contributed by atoms with E-state index in [0.29, 0.717) is 23.2 Å². The monoisotopic (exact) mass is 313 g/mol. The predicted octanol–water partition coefficient (Wildman–Crippen LogP) is 5.12. The highest BCUT2D eigenvalue weighted by Gasteiger charge is 2.10. The average molecular weight is 314 g/mol. The Labute approximate surface area is 133 Å². The number of aromatic nitrogens is 1. The maximum atomic E-state index is 13.1. The molecule has 0 unspecified atom stereocenters. The number of benzene rings is 2. The largest absolute Gasteiger partial charge is 0.487 e. The van der Waals surface area contributed by atoms with Gasteiger partial charge >= 0.3 is 0 Å². The third-order valence-electron chi connectivity index (χ3n) is 3.18. The van der Waals surface area contributed by atoms with Crippen LogP contribution in [0.3, 0.4) is 0 Å². The van der Waals surface area contributed by atoms with Gasteiger partial charge in [-0.25, -0.2) is 9.37 Å². The highest BCUT2D eigenvalue weighted by Crippen LogP contribution is 2.30. The van der Waals surface area contributed by atoms with Crippen molar-refractivity contribution in [3.63, 3.8) is 0 Å². The molecule has 0 aliphatic carbocycles. The molecule has 22 heavy (non-hydrogen) atoms. The Morgan fingerprint density at radius 2 is 1.64 bits per heavy atom. The van der Waals surface area contributed by atoms with E-state index in [-0.39, 0.29) is 5.82 Å². The summed E-state index contributed by atoms with van der Waals surface area (Å²) in [5.74, 6) is 0.317. The molecular weight excluding hydrogens is 301 g/mol. The first kappa shape index (κ1) is 14.5. The summed E-state index contributed by atoms with van der Waals surface area (Å²) in [7, 11) is 0. The van der Waals surface area contributed by atoms with Crippen molar-refractivity contribution in [3.8, 4) is 17.0 Å². The summed E-state index contributed by atoms with van der Waals surface area (Å²) in [6, 6.07) is 19.4. The summed E-state index contributed by atoms with van der Waals surface area (Å²) in [5, 5.41) is 0.367. The maximum absolute atomic E-state index is 13.1. The smallest absolute Gasteiger partial charge is 0.146 e. The molecule has 110 valence electrons. The SMILES string of the molecule is Fc1ccc(-c2nc(Cl)ccc2OCc2ccccc2)cc1. The lowest BCUT2D eigenvalue weighted by Crippen LogP contribution is -1.98. The molecule has 0 fully saturated rings. The first-order valence-electron chi connectivity index (χ1n) is 6.81. The lowest BCUT2D eigenvalue weighted by atomic mass is 10.1. The zero-order valence-corrected chi connectivity index (χ0v) is 12.4. The Morgan fingerprint density at radius 3 is 2.36 bits per heavy atom. The van der Waals surface area contributed by atoms with Gasteiger partial charge in [0, 0.05) is 5.56 Å². The molecule has 3 aromatic rings. The number of halogens is 2. The molecule has 0 radical (unpaired) electrons. The Morgan fingerprint density at radius 1 is 0.909 bits per heavy atom. The van der Waals surface area contributed by atoms with Crippen LogP contribution in [0.2, 0.25) is 5.15 Å². The summed E-state index contributed by atoms with van der Waals surface area (Å²) >= 11 is 5.97. The van der Waals surface area contributed by atoms with Crippen molar-refractivity contribution in [3.05, 3.63) is 83.3 Å². The van der Waals surface area contributed by atoms with Gasteiger partial charge in [0.15, 0.2) is 0 Å². The van der Waals surface area contributed by atoms with Gasteiger partial charge in [-0.1, -0.05) is 41.9 Å². The van der Waals surface area contributed by atoms with Crippen LogP contribution in [0.4, 0.5) is 4.39 Å². The summed E-state index contributed by atoms with van der Waals surface area (Å²) in [6.07, 6.45) is 0. The minimum atomic E-state index is -0.294. The normalized spacial score (nSPS) is 10.5. The third-order valence-corrected chi connectivity index (χ3v) is 3.39. The zero-order valence-electron chi connectivity index (χ0n) is 11.7. The predicted molar refractivity (Wildman–Crippen MR) is 85.4 cm³/mol. The van der Waals surface area contributed by atoms with Crippen molar-refractivity contribution >= 4 is 11.6 Å². The van der Waals surface area contributed by atoms with Crippen LogP contribution in [0.25, 0.3) is 11.3 Å². The second-order valence-electron chi connectivity index (χ2n) is 4.76. The molecule has 2 nitrogen and oxygen atoms in total. The quantitative estimate of drug-likeness (QED) is 0.624. The van der Waals surface area contributed by atoms with Crippen molar-refractivity contribution in [2.75, 3.05) is 0 Å². The van der Waals surface area contributed by atoms with Gasteiger partial charge in [-0.3, -0.25) is 0 Å². The summed E-state index contributed by atoms with van der Waals surface area (Å²) in [6.45, 7) is 0.429. The van der Waals surface area contributed by atoms with Crippen molar-refractivity contribution in [2.45, 2.75) is 6.61 Å². The van der Waals surface area contributed by atoms with Crippen LogP contribution in [0.5, 0.6) is 5.75 Å². The van der Waals surface area contributed by atoms with Gasteiger partial charge in [-0.2, -0.15) is 0 Å². The minimum absolute atomic E-state index is 0.294. The van der Waals surface area contributed by atoms with E-state index in [1.165, 1.54) is 12.1 Å². The van der Waals surface area contributed by atoms with Crippen LogP contribution in [-0.4, -0.2) is 4.98 Å². The topological polar surface area (TPSA) is 22.1 Å². The van der Waals surface area contributed by atoms with Crippen molar-refractivity contribution in [1.82, 2.24) is 4.98 Å². The summed E-state index contributed by atoms with van der Waals surface area (Å²) < 4.78 is 18.9. The highest BCUT2D eigenvalue weighted by atomic mass is 35.5. The average Bonchev–Trinajstić information content (AvgIpc) is 2.55. The van der Waals surface area contributed by atoms with Crippen LogP contribution in [0, 0.1) is 5.82 Å². The molecule has 0 bridgehead atoms. The van der Waals surface area contributed by atoms with Crippen LogP contribution < -0.4 is 4.74 Å². The van der Waals surface area contributed by atoms with Crippen molar-refractivity contribution in [2.24, 2.45) is 0 Å². The van der Waals surface area contributed by atoms with Gasteiger partial charge in [0.1, 0.15) is 29.0 Å². The van der Waals surface area contributed by atoms with Crippen molar-refractivity contribution in [1.29, 1.82) is 0 Å². The van der Waals surface area contributed by atoms with Gasteiger partial charge in [0.05, 0.1) is 0 Å². The van der Waals surface area contributed by atoms with Gasteiger partial charge in [-0.15, -0.1) is 0 Å². The first-order chi connectivity index (χ1) is 10.7. The van der Waals surface area contributed by atoms with E-state index in [1.54, 1.807) is 24.3 Å². The molecule has 1 heterocycles. The fourth-order valence-corrected chi connectivity index (χ4v) is 2.24. The van der Waals surface area contributed by atoms with E-state index >= 15 is 0 Å². The Kier molecular flexibility index (Phi) is 4.35. The lowest BCUT2D eigenvalue weighted by Gasteiger charge is -2.11. The molecule has 0 amide bonds. The molecule has 0 saturated heterocycles. The number of hydrogen-bond donors (Lipinski definition) is 0. The molecule has 0 atom stereocenters. The third kappa shape index (κ3) is 3.43. The zero-order chi connectivity index (χ0) is 15.4. The second kappa shape index (κ2) is 6.58. The molecule has 0 saturated carbocycles. The number of ether oxygens (including phenoxy) is 1. The highest BCUT2D eigenvalue weighted by molar-refractivity contribution is 6.29. The van der Waals surface area contributed by atoms with Gasteiger partial charge < -0.3 is 4.74 Å². The molecule has 0 spiro atoms. The van der Waals surface area contributed by atoms with Crippen molar-refractivity contribution < 1.29 is 9.13 Å². The van der Waals surface area contributed by atoms with E-state index in [2.05, 4.69) is 4.98 Å². The lowest BCUT2D eigenvalue weighted by molar-refractivity contribution is 0.306. The fourth-order valence-electron chi connectivity index (χ4n) is 2.09. The molecule has 4 heteroatoms. The standard InChI is InChI=1S/C18H13ClFNO/c19-17-11-10-16(22-12-13-4-2-1-3-5-13)18(21-17)14-6-8-15(20)9-7-14/h1-11H,12H2.